The molecule has 2 heterocycles. The molecule has 0 spiro atoms. The molecular formula is C14H17NO3S. The molecule has 0 saturated carbocycles. The molecule has 1 N–H and O–H groups in total. The van der Waals surface area contributed by atoms with Crippen molar-refractivity contribution in [1.29, 1.82) is 0 Å². The van der Waals surface area contributed by atoms with Gasteiger partial charge >= 0.3 is 5.97 Å². The van der Waals surface area contributed by atoms with Crippen molar-refractivity contribution in [1.82, 2.24) is 4.57 Å². The number of nitrogens with zero attached hydrogens (tertiary/aromatic N) is 1. The van der Waals surface area contributed by atoms with Crippen LogP contribution in [0.5, 0.6) is 0 Å². The second-order valence-electron chi connectivity index (χ2n) is 5.17. The van der Waals surface area contributed by atoms with E-state index < -0.39 is 5.97 Å². The number of hydrogen-bond acceptors (Lipinski definition) is 3. The number of aromatic carboxylic acids is 1. The lowest BCUT2D eigenvalue weighted by molar-refractivity contribution is 0.0683. The first kappa shape index (κ1) is 13.8. The standard InChI is InChI=1S/C14H17NO3S/c1-7(2)6-15-10(14(17)18)5-11-12(13(15)16)8(3)9(4)19-11/h5,7H,6H2,1-4H3,(H,17,18). The molecular weight excluding hydrogens is 262 g/mol. The van der Waals surface area contributed by atoms with Crippen molar-refractivity contribution in [3.63, 3.8) is 0 Å². The number of carboxylic acids is 1. The first-order valence-electron chi connectivity index (χ1n) is 6.19. The third-order valence-corrected chi connectivity index (χ3v) is 4.35. The molecule has 2 aromatic heterocycles. The highest BCUT2D eigenvalue weighted by molar-refractivity contribution is 7.19. The van der Waals surface area contributed by atoms with Crippen molar-refractivity contribution in [3.8, 4) is 0 Å². The van der Waals surface area contributed by atoms with Gasteiger partial charge in [-0.3, -0.25) is 4.79 Å². The molecule has 102 valence electrons. The van der Waals surface area contributed by atoms with E-state index in [9.17, 15) is 14.7 Å². The van der Waals surface area contributed by atoms with E-state index in [0.29, 0.717) is 11.9 Å². The van der Waals surface area contributed by atoms with Crippen LogP contribution >= 0.6 is 11.3 Å². The summed E-state index contributed by atoms with van der Waals surface area (Å²) in [7, 11) is 0. The molecule has 0 radical (unpaired) electrons. The largest absolute Gasteiger partial charge is 0.477 e. The number of fused-ring (bicyclic) bond motifs is 1. The molecule has 4 nitrogen and oxygen atoms in total. The fourth-order valence-corrected chi connectivity index (χ4v) is 3.29. The van der Waals surface area contributed by atoms with Crippen molar-refractivity contribution < 1.29 is 9.90 Å². The third-order valence-electron chi connectivity index (χ3n) is 3.20. The van der Waals surface area contributed by atoms with Gasteiger partial charge in [0, 0.05) is 16.1 Å². The van der Waals surface area contributed by atoms with Crippen molar-refractivity contribution >= 4 is 27.4 Å². The quantitative estimate of drug-likeness (QED) is 0.939. The Labute approximate surface area is 115 Å². The highest BCUT2D eigenvalue weighted by Gasteiger charge is 2.18. The van der Waals surface area contributed by atoms with E-state index in [-0.39, 0.29) is 17.2 Å². The van der Waals surface area contributed by atoms with E-state index in [1.54, 1.807) is 6.07 Å². The number of carbonyl (C=O) groups is 1. The van der Waals surface area contributed by atoms with Crippen molar-refractivity contribution in [3.05, 3.63) is 32.6 Å². The maximum absolute atomic E-state index is 12.5. The SMILES string of the molecule is Cc1sc2cc(C(=O)O)n(CC(C)C)c(=O)c2c1C. The molecule has 0 aromatic carbocycles. The second kappa shape index (κ2) is 4.81. The summed E-state index contributed by atoms with van der Waals surface area (Å²) in [5, 5.41) is 9.94. The molecule has 0 amide bonds. The van der Waals surface area contributed by atoms with E-state index in [0.717, 1.165) is 15.1 Å². The Bertz CT molecular complexity index is 710. The predicted molar refractivity (Wildman–Crippen MR) is 77.4 cm³/mol. The Morgan fingerprint density at radius 2 is 2.05 bits per heavy atom. The van der Waals surface area contributed by atoms with Crippen LogP contribution in [-0.4, -0.2) is 15.6 Å². The summed E-state index contributed by atoms with van der Waals surface area (Å²) < 4.78 is 2.14. The van der Waals surface area contributed by atoms with E-state index in [1.165, 1.54) is 15.9 Å². The van der Waals surface area contributed by atoms with E-state index in [2.05, 4.69) is 0 Å². The molecule has 0 atom stereocenters. The highest BCUT2D eigenvalue weighted by Crippen LogP contribution is 2.28. The second-order valence-corrected chi connectivity index (χ2v) is 6.42. The molecule has 0 aliphatic rings. The molecule has 0 saturated heterocycles. The van der Waals surface area contributed by atoms with Gasteiger partial charge in [0.2, 0.25) is 0 Å². The van der Waals surface area contributed by atoms with Gasteiger partial charge in [-0.15, -0.1) is 11.3 Å². The summed E-state index contributed by atoms with van der Waals surface area (Å²) in [6, 6.07) is 1.62. The minimum Gasteiger partial charge on any atom is -0.477 e. The summed E-state index contributed by atoms with van der Waals surface area (Å²) >= 11 is 1.48. The Hall–Kier alpha value is -1.62. The number of thiophene rings is 1. The van der Waals surface area contributed by atoms with Gasteiger partial charge in [-0.2, -0.15) is 0 Å². The molecule has 5 heteroatoms. The van der Waals surface area contributed by atoms with E-state index in [1.807, 2.05) is 27.7 Å². The number of rotatable bonds is 3. The lowest BCUT2D eigenvalue weighted by Crippen LogP contribution is -2.28. The lowest BCUT2D eigenvalue weighted by atomic mass is 10.1. The van der Waals surface area contributed by atoms with Gasteiger partial charge in [-0.25, -0.2) is 4.79 Å². The number of hydrogen-bond donors (Lipinski definition) is 1. The van der Waals surface area contributed by atoms with Crippen LogP contribution in [-0.2, 0) is 6.54 Å². The number of aryl methyl sites for hydroxylation is 2. The molecule has 0 aliphatic carbocycles. The summed E-state index contributed by atoms with van der Waals surface area (Å²) in [5.41, 5.74) is 0.845. The smallest absolute Gasteiger partial charge is 0.352 e. The van der Waals surface area contributed by atoms with E-state index in [4.69, 9.17) is 0 Å². The van der Waals surface area contributed by atoms with Crippen LogP contribution < -0.4 is 5.56 Å². The summed E-state index contributed by atoms with van der Waals surface area (Å²) in [6.07, 6.45) is 0. The van der Waals surface area contributed by atoms with Crippen molar-refractivity contribution in [2.45, 2.75) is 34.2 Å². The summed E-state index contributed by atoms with van der Waals surface area (Å²) in [4.78, 5) is 24.9. The fourth-order valence-electron chi connectivity index (χ4n) is 2.19. The van der Waals surface area contributed by atoms with Gasteiger partial charge in [0.25, 0.3) is 5.56 Å². The molecule has 2 rings (SSSR count). The zero-order chi connectivity index (χ0) is 14.3. The first-order chi connectivity index (χ1) is 8.82. The normalized spacial score (nSPS) is 11.4. The first-order valence-corrected chi connectivity index (χ1v) is 7.01. The average molecular weight is 279 g/mol. The molecule has 0 aliphatic heterocycles. The van der Waals surface area contributed by atoms with Gasteiger partial charge in [0.15, 0.2) is 0 Å². The topological polar surface area (TPSA) is 59.3 Å². The minimum absolute atomic E-state index is 0.0763. The number of aromatic nitrogens is 1. The Balaban J connectivity index is 2.86. The summed E-state index contributed by atoms with van der Waals surface area (Å²) in [6.45, 7) is 8.22. The number of carboxylic acid groups (broad SMARTS) is 1. The van der Waals surface area contributed by atoms with Crippen LogP contribution in [0.15, 0.2) is 10.9 Å². The Morgan fingerprint density at radius 1 is 1.42 bits per heavy atom. The molecule has 0 unspecified atom stereocenters. The minimum atomic E-state index is -1.05. The maximum atomic E-state index is 12.5. The number of pyridine rings is 1. The van der Waals surface area contributed by atoms with Crippen molar-refractivity contribution in [2.24, 2.45) is 5.92 Å². The average Bonchev–Trinajstić information content (AvgIpc) is 2.58. The van der Waals surface area contributed by atoms with E-state index >= 15 is 0 Å². The predicted octanol–water partition coefficient (Wildman–Crippen LogP) is 3.03. The van der Waals surface area contributed by atoms with Gasteiger partial charge in [-0.05, 0) is 31.4 Å². The summed E-state index contributed by atoms with van der Waals surface area (Å²) in [5.74, 6) is -0.836. The van der Waals surface area contributed by atoms with Crippen LogP contribution in [0.3, 0.4) is 0 Å². The molecule has 0 bridgehead atoms. The van der Waals surface area contributed by atoms with Crippen LogP contribution in [0.4, 0.5) is 0 Å². The maximum Gasteiger partial charge on any atom is 0.352 e. The molecule has 0 fully saturated rings. The monoisotopic (exact) mass is 279 g/mol. The Morgan fingerprint density at radius 3 is 2.58 bits per heavy atom. The zero-order valence-electron chi connectivity index (χ0n) is 11.5. The van der Waals surface area contributed by atoms with Crippen molar-refractivity contribution in [2.75, 3.05) is 0 Å². The van der Waals surface area contributed by atoms with Crippen LogP contribution in [0.25, 0.3) is 10.1 Å². The zero-order valence-corrected chi connectivity index (χ0v) is 12.3. The van der Waals surface area contributed by atoms with Gasteiger partial charge < -0.3 is 9.67 Å². The van der Waals surface area contributed by atoms with Gasteiger partial charge in [0.1, 0.15) is 5.69 Å². The molecule has 19 heavy (non-hydrogen) atoms. The third kappa shape index (κ3) is 2.30. The lowest BCUT2D eigenvalue weighted by Gasteiger charge is -2.12. The molecule has 2 aromatic rings. The Kier molecular flexibility index (Phi) is 3.49. The van der Waals surface area contributed by atoms with Crippen LogP contribution in [0, 0.1) is 19.8 Å². The van der Waals surface area contributed by atoms with Crippen LogP contribution in [0.1, 0.15) is 34.8 Å². The highest BCUT2D eigenvalue weighted by atomic mass is 32.1. The van der Waals surface area contributed by atoms with Gasteiger partial charge in [-0.1, -0.05) is 13.8 Å². The van der Waals surface area contributed by atoms with Crippen LogP contribution in [0.2, 0.25) is 0 Å². The fraction of sp³-hybridized carbons (Fsp3) is 0.429. The van der Waals surface area contributed by atoms with Gasteiger partial charge in [0.05, 0.1) is 5.39 Å².